The van der Waals surface area contributed by atoms with Crippen LogP contribution >= 0.6 is 0 Å². The van der Waals surface area contributed by atoms with E-state index in [1.165, 1.54) is 9.80 Å². The standard InChI is InChI=1S/C14H16N2O4/c1-9(14(19)20)10-5-3-4-6-11(10)16-8-7-15(2)12(17)13(16)18/h3-6,9H,7-8H2,1-2H3,(H,19,20). The minimum Gasteiger partial charge on any atom is -0.481 e. The third-order valence-electron chi connectivity index (χ3n) is 3.50. The van der Waals surface area contributed by atoms with Gasteiger partial charge in [0.2, 0.25) is 0 Å². The number of aliphatic carboxylic acids is 1. The van der Waals surface area contributed by atoms with E-state index in [0.29, 0.717) is 24.3 Å². The van der Waals surface area contributed by atoms with Crippen molar-refractivity contribution < 1.29 is 19.5 Å². The van der Waals surface area contributed by atoms with Gasteiger partial charge in [-0.3, -0.25) is 14.4 Å². The Labute approximate surface area is 116 Å². The van der Waals surface area contributed by atoms with Crippen molar-refractivity contribution in [2.75, 3.05) is 25.0 Å². The van der Waals surface area contributed by atoms with Crippen molar-refractivity contribution in [2.24, 2.45) is 0 Å². The quantitative estimate of drug-likeness (QED) is 0.823. The number of amides is 2. The Bertz CT molecular complexity index is 570. The predicted octanol–water partition coefficient (Wildman–Crippen LogP) is 0.680. The molecule has 1 saturated heterocycles. The fourth-order valence-corrected chi connectivity index (χ4v) is 2.19. The average molecular weight is 276 g/mol. The fraction of sp³-hybridized carbons (Fsp3) is 0.357. The lowest BCUT2D eigenvalue weighted by molar-refractivity contribution is -0.145. The van der Waals surface area contributed by atoms with E-state index in [0.717, 1.165) is 0 Å². The molecular formula is C14H16N2O4. The van der Waals surface area contributed by atoms with Crippen LogP contribution in [0.25, 0.3) is 0 Å². The van der Waals surface area contributed by atoms with Gasteiger partial charge in [-0.1, -0.05) is 18.2 Å². The van der Waals surface area contributed by atoms with Crippen LogP contribution < -0.4 is 4.90 Å². The Balaban J connectivity index is 2.41. The number of likely N-dealkylation sites (N-methyl/N-ethyl adjacent to an activating group) is 1. The molecule has 1 fully saturated rings. The molecule has 0 spiro atoms. The lowest BCUT2D eigenvalue weighted by atomic mass is 9.98. The summed E-state index contributed by atoms with van der Waals surface area (Å²) in [5.74, 6) is -2.91. The second kappa shape index (κ2) is 5.32. The van der Waals surface area contributed by atoms with Gasteiger partial charge in [-0.15, -0.1) is 0 Å². The summed E-state index contributed by atoms with van der Waals surface area (Å²) in [5.41, 5.74) is 1.03. The van der Waals surface area contributed by atoms with Crippen LogP contribution in [0.2, 0.25) is 0 Å². The molecule has 1 atom stereocenters. The van der Waals surface area contributed by atoms with Crippen LogP contribution in [-0.2, 0) is 14.4 Å². The molecule has 1 aliphatic heterocycles. The Morgan fingerprint density at radius 1 is 1.20 bits per heavy atom. The largest absolute Gasteiger partial charge is 0.481 e. The maximum absolute atomic E-state index is 12.1. The Morgan fingerprint density at radius 2 is 1.85 bits per heavy atom. The number of carboxylic acid groups (broad SMARTS) is 1. The molecule has 0 saturated carbocycles. The number of hydrogen-bond acceptors (Lipinski definition) is 3. The number of piperazine rings is 1. The number of benzene rings is 1. The van der Waals surface area contributed by atoms with Crippen LogP contribution in [-0.4, -0.2) is 47.9 Å². The van der Waals surface area contributed by atoms with Crippen LogP contribution in [0.3, 0.4) is 0 Å². The first-order valence-corrected chi connectivity index (χ1v) is 6.32. The van der Waals surface area contributed by atoms with E-state index in [1.807, 2.05) is 0 Å². The highest BCUT2D eigenvalue weighted by atomic mass is 16.4. The number of para-hydroxylation sites is 1. The minimum atomic E-state index is -0.967. The van der Waals surface area contributed by atoms with E-state index in [2.05, 4.69) is 0 Å². The van der Waals surface area contributed by atoms with Crippen LogP contribution in [0.5, 0.6) is 0 Å². The molecule has 0 aliphatic carbocycles. The van der Waals surface area contributed by atoms with Gasteiger partial charge in [-0.25, -0.2) is 0 Å². The third kappa shape index (κ3) is 2.36. The summed E-state index contributed by atoms with van der Waals surface area (Å²) in [6.07, 6.45) is 0. The summed E-state index contributed by atoms with van der Waals surface area (Å²) in [4.78, 5) is 37.7. The summed E-state index contributed by atoms with van der Waals surface area (Å²) < 4.78 is 0. The molecule has 1 aromatic rings. The molecule has 0 radical (unpaired) electrons. The number of hydrogen-bond donors (Lipinski definition) is 1. The van der Waals surface area contributed by atoms with Gasteiger partial charge in [0, 0.05) is 25.8 Å². The Hall–Kier alpha value is -2.37. The number of carboxylic acids is 1. The normalized spacial score (nSPS) is 17.3. The molecule has 20 heavy (non-hydrogen) atoms. The number of carbonyl (C=O) groups is 3. The summed E-state index contributed by atoms with van der Waals surface area (Å²) in [7, 11) is 1.57. The van der Waals surface area contributed by atoms with E-state index in [1.54, 1.807) is 38.2 Å². The lowest BCUT2D eigenvalue weighted by Crippen LogP contribution is -2.53. The molecule has 2 rings (SSSR count). The highest BCUT2D eigenvalue weighted by Crippen LogP contribution is 2.29. The molecular weight excluding hydrogens is 260 g/mol. The monoisotopic (exact) mass is 276 g/mol. The Kier molecular flexibility index (Phi) is 3.74. The Morgan fingerprint density at radius 3 is 2.50 bits per heavy atom. The van der Waals surface area contributed by atoms with Gasteiger partial charge >= 0.3 is 17.8 Å². The van der Waals surface area contributed by atoms with E-state index < -0.39 is 23.7 Å². The number of anilines is 1. The average Bonchev–Trinajstić information content (AvgIpc) is 2.44. The van der Waals surface area contributed by atoms with Gasteiger partial charge in [0.1, 0.15) is 0 Å². The number of rotatable bonds is 3. The second-order valence-electron chi connectivity index (χ2n) is 4.80. The maximum Gasteiger partial charge on any atom is 0.316 e. The highest BCUT2D eigenvalue weighted by Gasteiger charge is 2.33. The highest BCUT2D eigenvalue weighted by molar-refractivity contribution is 6.41. The zero-order valence-corrected chi connectivity index (χ0v) is 11.4. The van der Waals surface area contributed by atoms with Crippen molar-refractivity contribution in [3.63, 3.8) is 0 Å². The zero-order valence-electron chi connectivity index (χ0n) is 11.4. The molecule has 6 nitrogen and oxygen atoms in total. The molecule has 106 valence electrons. The van der Waals surface area contributed by atoms with E-state index >= 15 is 0 Å². The van der Waals surface area contributed by atoms with Crippen molar-refractivity contribution >= 4 is 23.5 Å². The summed E-state index contributed by atoms with van der Waals surface area (Å²) in [5, 5.41) is 9.14. The predicted molar refractivity (Wildman–Crippen MR) is 72.5 cm³/mol. The second-order valence-corrected chi connectivity index (χ2v) is 4.80. The van der Waals surface area contributed by atoms with Crippen molar-refractivity contribution in [3.05, 3.63) is 29.8 Å². The summed E-state index contributed by atoms with van der Waals surface area (Å²) in [6.45, 7) is 2.36. The van der Waals surface area contributed by atoms with Crippen LogP contribution in [0.4, 0.5) is 5.69 Å². The summed E-state index contributed by atoms with van der Waals surface area (Å²) in [6, 6.07) is 6.79. The van der Waals surface area contributed by atoms with Crippen LogP contribution in [0.15, 0.2) is 24.3 Å². The molecule has 1 aliphatic rings. The SMILES string of the molecule is CC(C(=O)O)c1ccccc1N1CCN(C)C(=O)C1=O. The van der Waals surface area contributed by atoms with Crippen molar-refractivity contribution in [1.82, 2.24) is 4.90 Å². The third-order valence-corrected chi connectivity index (χ3v) is 3.50. The molecule has 1 unspecified atom stereocenters. The van der Waals surface area contributed by atoms with Gasteiger partial charge in [0.05, 0.1) is 5.92 Å². The first-order valence-electron chi connectivity index (χ1n) is 6.32. The van der Waals surface area contributed by atoms with E-state index in [-0.39, 0.29) is 0 Å². The smallest absolute Gasteiger partial charge is 0.316 e. The fourth-order valence-electron chi connectivity index (χ4n) is 2.19. The molecule has 0 bridgehead atoms. The van der Waals surface area contributed by atoms with Gasteiger partial charge in [-0.05, 0) is 18.6 Å². The van der Waals surface area contributed by atoms with Gasteiger partial charge in [0.25, 0.3) is 0 Å². The van der Waals surface area contributed by atoms with E-state index in [9.17, 15) is 14.4 Å². The molecule has 1 N–H and O–H groups in total. The summed E-state index contributed by atoms with van der Waals surface area (Å²) >= 11 is 0. The first-order chi connectivity index (χ1) is 9.43. The molecule has 2 amide bonds. The molecule has 6 heteroatoms. The van der Waals surface area contributed by atoms with Gasteiger partial charge < -0.3 is 14.9 Å². The lowest BCUT2D eigenvalue weighted by Gasteiger charge is -2.33. The maximum atomic E-state index is 12.1. The van der Waals surface area contributed by atoms with Crippen molar-refractivity contribution in [1.29, 1.82) is 0 Å². The van der Waals surface area contributed by atoms with Gasteiger partial charge in [-0.2, -0.15) is 0 Å². The number of carbonyl (C=O) groups excluding carboxylic acids is 2. The molecule has 1 heterocycles. The minimum absolute atomic E-state index is 0.366. The van der Waals surface area contributed by atoms with Crippen LogP contribution in [0.1, 0.15) is 18.4 Å². The molecule has 1 aromatic carbocycles. The van der Waals surface area contributed by atoms with Crippen LogP contribution in [0, 0.1) is 0 Å². The van der Waals surface area contributed by atoms with Gasteiger partial charge in [0.15, 0.2) is 0 Å². The molecule has 0 aromatic heterocycles. The topological polar surface area (TPSA) is 77.9 Å². The van der Waals surface area contributed by atoms with E-state index in [4.69, 9.17) is 5.11 Å². The number of nitrogens with zero attached hydrogens (tertiary/aromatic N) is 2. The van der Waals surface area contributed by atoms with Crippen molar-refractivity contribution in [3.8, 4) is 0 Å². The van der Waals surface area contributed by atoms with Crippen molar-refractivity contribution in [2.45, 2.75) is 12.8 Å². The first kappa shape index (κ1) is 14.0. The zero-order chi connectivity index (χ0) is 14.9.